The maximum Gasteiger partial charge on any atom is 0.252 e. The third-order valence-corrected chi connectivity index (χ3v) is 3.66. The van der Waals surface area contributed by atoms with Crippen LogP contribution in [0.25, 0.3) is 0 Å². The molecule has 0 radical (unpaired) electrons. The van der Waals surface area contributed by atoms with Gasteiger partial charge in [0.25, 0.3) is 5.91 Å². The van der Waals surface area contributed by atoms with Crippen molar-refractivity contribution in [1.82, 2.24) is 5.32 Å². The zero-order chi connectivity index (χ0) is 14.6. The van der Waals surface area contributed by atoms with Crippen molar-refractivity contribution >= 4 is 5.91 Å². The van der Waals surface area contributed by atoms with E-state index in [-0.39, 0.29) is 12.5 Å². The molecule has 3 heteroatoms. The zero-order valence-electron chi connectivity index (χ0n) is 12.1. The molecule has 0 heterocycles. The van der Waals surface area contributed by atoms with E-state index in [1.165, 1.54) is 12.8 Å². The average molecular weight is 271 g/mol. The number of carbonyl (C=O) groups excluding carboxylic acids is 1. The lowest BCUT2D eigenvalue weighted by molar-refractivity contribution is 0.0946. The van der Waals surface area contributed by atoms with Gasteiger partial charge in [-0.25, -0.2) is 0 Å². The third kappa shape index (κ3) is 3.85. The van der Waals surface area contributed by atoms with Gasteiger partial charge >= 0.3 is 0 Å². The van der Waals surface area contributed by atoms with Crippen molar-refractivity contribution in [3.8, 4) is 11.8 Å². The predicted octanol–water partition coefficient (Wildman–Crippen LogP) is 2.26. The van der Waals surface area contributed by atoms with Gasteiger partial charge < -0.3 is 10.4 Å². The molecule has 0 aliphatic heterocycles. The second-order valence-electron chi connectivity index (χ2n) is 5.82. The second kappa shape index (κ2) is 6.11. The van der Waals surface area contributed by atoms with Crippen molar-refractivity contribution in [2.75, 3.05) is 13.2 Å². The summed E-state index contributed by atoms with van der Waals surface area (Å²) >= 11 is 0. The number of aryl methyl sites for hydroxylation is 1. The van der Waals surface area contributed by atoms with Crippen LogP contribution in [-0.4, -0.2) is 24.2 Å². The summed E-state index contributed by atoms with van der Waals surface area (Å²) in [5.74, 6) is 5.77. The SMILES string of the molecule is Cc1ccc(C#CCCO)c(C(=O)NCC2(C)CC2)c1. The first-order valence-electron chi connectivity index (χ1n) is 7.03. The minimum Gasteiger partial charge on any atom is -0.395 e. The van der Waals surface area contributed by atoms with E-state index >= 15 is 0 Å². The summed E-state index contributed by atoms with van der Waals surface area (Å²) in [6.45, 7) is 4.91. The van der Waals surface area contributed by atoms with E-state index in [0.29, 0.717) is 17.4 Å². The van der Waals surface area contributed by atoms with Crippen molar-refractivity contribution in [3.63, 3.8) is 0 Å². The largest absolute Gasteiger partial charge is 0.395 e. The van der Waals surface area contributed by atoms with Gasteiger partial charge in [-0.2, -0.15) is 0 Å². The van der Waals surface area contributed by atoms with Crippen LogP contribution in [0.3, 0.4) is 0 Å². The number of carbonyl (C=O) groups is 1. The molecule has 1 aromatic carbocycles. The molecule has 0 saturated heterocycles. The third-order valence-electron chi connectivity index (χ3n) is 3.66. The van der Waals surface area contributed by atoms with Crippen LogP contribution in [0.1, 0.15) is 47.7 Å². The quantitative estimate of drug-likeness (QED) is 0.825. The number of aliphatic hydroxyl groups is 1. The zero-order valence-corrected chi connectivity index (χ0v) is 12.1. The van der Waals surface area contributed by atoms with Gasteiger partial charge in [0.2, 0.25) is 0 Å². The number of nitrogens with one attached hydrogen (secondary N) is 1. The summed E-state index contributed by atoms with van der Waals surface area (Å²) in [6.07, 6.45) is 2.79. The maximum absolute atomic E-state index is 12.3. The molecule has 20 heavy (non-hydrogen) atoms. The first-order valence-corrected chi connectivity index (χ1v) is 7.03. The molecule has 0 spiro atoms. The highest BCUT2D eigenvalue weighted by molar-refractivity contribution is 5.97. The molecule has 1 aliphatic rings. The van der Waals surface area contributed by atoms with Crippen LogP contribution in [0.2, 0.25) is 0 Å². The molecule has 0 aromatic heterocycles. The van der Waals surface area contributed by atoms with Crippen molar-refractivity contribution in [1.29, 1.82) is 0 Å². The van der Waals surface area contributed by atoms with E-state index in [1.807, 2.05) is 25.1 Å². The van der Waals surface area contributed by atoms with Gasteiger partial charge in [0.1, 0.15) is 0 Å². The fourth-order valence-corrected chi connectivity index (χ4v) is 1.95. The summed E-state index contributed by atoms with van der Waals surface area (Å²) in [6, 6.07) is 5.68. The van der Waals surface area contributed by atoms with Gasteiger partial charge in [-0.1, -0.05) is 30.4 Å². The van der Waals surface area contributed by atoms with Crippen LogP contribution < -0.4 is 5.32 Å². The number of aliphatic hydroxyl groups excluding tert-OH is 1. The van der Waals surface area contributed by atoms with Gasteiger partial charge in [-0.15, -0.1) is 0 Å². The molecule has 0 unspecified atom stereocenters. The molecule has 1 aromatic rings. The minimum atomic E-state index is -0.0601. The molecule has 3 nitrogen and oxygen atoms in total. The normalized spacial score (nSPS) is 15.2. The molecule has 0 bridgehead atoms. The van der Waals surface area contributed by atoms with Crippen LogP contribution in [0, 0.1) is 24.2 Å². The number of benzene rings is 1. The Kier molecular flexibility index (Phi) is 4.46. The van der Waals surface area contributed by atoms with Crippen molar-refractivity contribution in [2.24, 2.45) is 5.41 Å². The topological polar surface area (TPSA) is 49.3 Å². The number of amides is 1. The number of rotatable bonds is 4. The highest BCUT2D eigenvalue weighted by Crippen LogP contribution is 2.44. The molecular formula is C17H21NO2. The summed E-state index contributed by atoms with van der Waals surface area (Å²) in [5.41, 5.74) is 2.69. The standard InChI is InChI=1S/C17H21NO2/c1-13-6-7-14(5-3-4-10-19)15(11-13)16(20)18-12-17(2)8-9-17/h6-7,11,19H,4,8-10,12H2,1-2H3,(H,18,20). The van der Waals surface area contributed by atoms with Gasteiger partial charge in [0.05, 0.1) is 12.2 Å². The van der Waals surface area contributed by atoms with E-state index in [1.54, 1.807) is 0 Å². The van der Waals surface area contributed by atoms with E-state index in [2.05, 4.69) is 24.1 Å². The van der Waals surface area contributed by atoms with Crippen LogP contribution in [0.5, 0.6) is 0 Å². The van der Waals surface area contributed by atoms with Gasteiger partial charge in [-0.05, 0) is 37.3 Å². The van der Waals surface area contributed by atoms with Crippen molar-refractivity contribution < 1.29 is 9.90 Å². The van der Waals surface area contributed by atoms with Crippen LogP contribution >= 0.6 is 0 Å². The number of hydrogen-bond acceptors (Lipinski definition) is 2. The van der Waals surface area contributed by atoms with E-state index < -0.39 is 0 Å². The lowest BCUT2D eigenvalue weighted by Gasteiger charge is -2.11. The fraction of sp³-hybridized carbons (Fsp3) is 0.471. The molecule has 2 rings (SSSR count). The Morgan fingerprint density at radius 2 is 2.20 bits per heavy atom. The molecule has 0 atom stereocenters. The summed E-state index contributed by atoms with van der Waals surface area (Å²) in [4.78, 5) is 12.3. The number of hydrogen-bond donors (Lipinski definition) is 2. The Bertz CT molecular complexity index is 562. The van der Waals surface area contributed by atoms with Crippen LogP contribution in [0.4, 0.5) is 0 Å². The predicted molar refractivity (Wildman–Crippen MR) is 79.4 cm³/mol. The first kappa shape index (κ1) is 14.6. The second-order valence-corrected chi connectivity index (χ2v) is 5.82. The maximum atomic E-state index is 12.3. The minimum absolute atomic E-state index is 0.0404. The molecule has 1 fully saturated rings. The monoisotopic (exact) mass is 271 g/mol. The van der Waals surface area contributed by atoms with E-state index in [9.17, 15) is 4.79 Å². The average Bonchev–Trinajstić information content (AvgIpc) is 3.16. The smallest absolute Gasteiger partial charge is 0.252 e. The van der Waals surface area contributed by atoms with Crippen molar-refractivity contribution in [2.45, 2.75) is 33.1 Å². The molecule has 106 valence electrons. The van der Waals surface area contributed by atoms with Gasteiger partial charge in [-0.3, -0.25) is 4.79 Å². The lowest BCUT2D eigenvalue weighted by atomic mass is 10.0. The Morgan fingerprint density at radius 1 is 1.45 bits per heavy atom. The van der Waals surface area contributed by atoms with Crippen LogP contribution in [0.15, 0.2) is 18.2 Å². The Morgan fingerprint density at radius 3 is 2.85 bits per heavy atom. The van der Waals surface area contributed by atoms with Crippen molar-refractivity contribution in [3.05, 3.63) is 34.9 Å². The molecule has 1 saturated carbocycles. The highest BCUT2D eigenvalue weighted by atomic mass is 16.2. The summed E-state index contributed by atoms with van der Waals surface area (Å²) in [7, 11) is 0. The summed E-state index contributed by atoms with van der Waals surface area (Å²) in [5, 5.41) is 11.8. The Balaban J connectivity index is 2.13. The van der Waals surface area contributed by atoms with Gasteiger partial charge in [0, 0.05) is 18.5 Å². The molecular weight excluding hydrogens is 250 g/mol. The Labute approximate surface area is 120 Å². The van der Waals surface area contributed by atoms with E-state index in [0.717, 1.165) is 17.7 Å². The first-order chi connectivity index (χ1) is 9.54. The highest BCUT2D eigenvalue weighted by Gasteiger charge is 2.37. The van der Waals surface area contributed by atoms with E-state index in [4.69, 9.17) is 5.11 Å². The van der Waals surface area contributed by atoms with Crippen LogP contribution in [-0.2, 0) is 0 Å². The fourth-order valence-electron chi connectivity index (χ4n) is 1.95. The Hall–Kier alpha value is -1.79. The molecule has 1 aliphatic carbocycles. The van der Waals surface area contributed by atoms with Gasteiger partial charge in [0.15, 0.2) is 0 Å². The molecule has 1 amide bonds. The lowest BCUT2D eigenvalue weighted by Crippen LogP contribution is -2.29. The summed E-state index contributed by atoms with van der Waals surface area (Å²) < 4.78 is 0. The molecule has 2 N–H and O–H groups in total.